The van der Waals surface area contributed by atoms with Crippen LogP contribution in [0.5, 0.6) is 0 Å². The lowest BCUT2D eigenvalue weighted by molar-refractivity contribution is -0.118. The van der Waals surface area contributed by atoms with Crippen LogP contribution >= 0.6 is 15.9 Å². The Labute approximate surface area is 78.7 Å². The summed E-state index contributed by atoms with van der Waals surface area (Å²) in [7, 11) is 0. The molecule has 0 aromatic rings. The van der Waals surface area contributed by atoms with Gasteiger partial charge in [0.05, 0.1) is 5.33 Å². The van der Waals surface area contributed by atoms with Crippen LogP contribution in [0.4, 0.5) is 4.79 Å². The van der Waals surface area contributed by atoms with Gasteiger partial charge in [-0.1, -0.05) is 15.9 Å². The molecule has 0 aromatic heterocycles. The predicted molar refractivity (Wildman–Crippen MR) is 46.6 cm³/mol. The zero-order valence-electron chi connectivity index (χ0n) is 6.49. The molecule has 4 nitrogen and oxygen atoms in total. The first-order valence-electron chi connectivity index (χ1n) is 3.72. The number of amides is 1. The quantitative estimate of drug-likeness (QED) is 0.746. The van der Waals surface area contributed by atoms with E-state index in [1.54, 1.807) is 0 Å². The van der Waals surface area contributed by atoms with Gasteiger partial charge in [-0.05, 0) is 6.42 Å². The molecule has 1 rings (SSSR count). The Morgan fingerprint density at radius 3 is 2.58 bits per heavy atom. The van der Waals surface area contributed by atoms with Gasteiger partial charge in [-0.15, -0.1) is 0 Å². The molecule has 1 unspecified atom stereocenters. The molecule has 0 bridgehead atoms. The fourth-order valence-electron chi connectivity index (χ4n) is 1.22. The minimum absolute atomic E-state index is 0.0611. The normalized spacial score (nSPS) is 21.8. The highest BCUT2D eigenvalue weighted by Gasteiger charge is 2.32. The van der Waals surface area contributed by atoms with Crippen molar-refractivity contribution in [1.82, 2.24) is 4.90 Å². The zero-order chi connectivity index (χ0) is 9.14. The Balaban J connectivity index is 2.34. The second-order valence-corrected chi connectivity index (χ2v) is 3.36. The smallest absolute Gasteiger partial charge is 0.407 e. The topological polar surface area (TPSA) is 57.6 Å². The van der Waals surface area contributed by atoms with Gasteiger partial charge < -0.3 is 10.0 Å². The molecular formula is C7H10BrNO3. The summed E-state index contributed by atoms with van der Waals surface area (Å²) in [5, 5.41) is 8.91. The average molecular weight is 236 g/mol. The highest BCUT2D eigenvalue weighted by molar-refractivity contribution is 9.09. The molecule has 12 heavy (non-hydrogen) atoms. The van der Waals surface area contributed by atoms with Gasteiger partial charge in [-0.25, -0.2) is 4.79 Å². The summed E-state index contributed by atoms with van der Waals surface area (Å²) in [6, 6.07) is -0.0763. The number of carbonyl (C=O) groups is 2. The van der Waals surface area contributed by atoms with Gasteiger partial charge in [0, 0.05) is 19.0 Å². The number of carboxylic acid groups (broad SMARTS) is 1. The van der Waals surface area contributed by atoms with Crippen molar-refractivity contribution in [3.05, 3.63) is 0 Å². The maximum absolute atomic E-state index is 10.9. The molecule has 1 fully saturated rings. The number of hydrogen-bond acceptors (Lipinski definition) is 2. The van der Waals surface area contributed by atoms with Gasteiger partial charge in [0.15, 0.2) is 0 Å². The third kappa shape index (κ3) is 1.97. The molecule has 1 atom stereocenters. The van der Waals surface area contributed by atoms with E-state index in [9.17, 15) is 9.59 Å². The Bertz CT molecular complexity index is 207. The van der Waals surface area contributed by atoms with E-state index in [1.165, 1.54) is 4.90 Å². The fourth-order valence-corrected chi connectivity index (χ4v) is 1.45. The summed E-state index contributed by atoms with van der Waals surface area (Å²) in [6.45, 7) is 0.565. The molecule has 5 heteroatoms. The first-order chi connectivity index (χ1) is 5.65. The second-order valence-electron chi connectivity index (χ2n) is 2.79. The molecule has 1 amide bonds. The summed E-state index contributed by atoms with van der Waals surface area (Å²) >= 11 is 3.04. The van der Waals surface area contributed by atoms with Gasteiger partial charge in [0.1, 0.15) is 5.78 Å². The van der Waals surface area contributed by atoms with E-state index in [1.807, 2.05) is 0 Å². The fraction of sp³-hybridized carbons (Fsp3) is 0.714. The Morgan fingerprint density at radius 2 is 2.25 bits per heavy atom. The third-order valence-corrected chi connectivity index (χ3v) is 2.63. The molecule has 1 N–H and O–H groups in total. The zero-order valence-corrected chi connectivity index (χ0v) is 8.08. The van der Waals surface area contributed by atoms with Crippen molar-refractivity contribution < 1.29 is 14.7 Å². The summed E-state index contributed by atoms with van der Waals surface area (Å²) in [5.41, 5.74) is 0. The Morgan fingerprint density at radius 1 is 1.58 bits per heavy atom. The number of likely N-dealkylation sites (tertiary alicyclic amines) is 1. The van der Waals surface area contributed by atoms with E-state index in [2.05, 4.69) is 15.9 Å². The highest BCUT2D eigenvalue weighted by atomic mass is 79.9. The molecule has 0 aromatic carbocycles. The number of nitrogens with zero attached hydrogens (tertiary/aromatic N) is 1. The van der Waals surface area contributed by atoms with Crippen molar-refractivity contribution in [2.75, 3.05) is 11.9 Å². The van der Waals surface area contributed by atoms with Crippen molar-refractivity contribution in [1.29, 1.82) is 0 Å². The monoisotopic (exact) mass is 235 g/mol. The van der Waals surface area contributed by atoms with Crippen LogP contribution in [0.15, 0.2) is 0 Å². The second kappa shape index (κ2) is 3.89. The molecule has 0 aliphatic carbocycles. The molecule has 68 valence electrons. The van der Waals surface area contributed by atoms with Crippen molar-refractivity contribution >= 4 is 27.8 Å². The van der Waals surface area contributed by atoms with E-state index in [-0.39, 0.29) is 11.8 Å². The molecule has 1 aliphatic rings. The SMILES string of the molecule is O=C(CBr)CC1CCN1C(=O)O. The highest BCUT2D eigenvalue weighted by Crippen LogP contribution is 2.20. The van der Waals surface area contributed by atoms with Crippen LogP contribution in [0.25, 0.3) is 0 Å². The van der Waals surface area contributed by atoms with E-state index in [0.717, 1.165) is 6.42 Å². The van der Waals surface area contributed by atoms with Gasteiger partial charge in [-0.3, -0.25) is 4.79 Å². The van der Waals surface area contributed by atoms with E-state index < -0.39 is 6.09 Å². The van der Waals surface area contributed by atoms with Crippen LogP contribution in [0.2, 0.25) is 0 Å². The molecule has 1 saturated heterocycles. The minimum Gasteiger partial charge on any atom is -0.465 e. The van der Waals surface area contributed by atoms with Crippen molar-refractivity contribution in [2.24, 2.45) is 0 Å². The number of ketones is 1. The number of Topliss-reactive ketones (excluding diaryl/α,β-unsaturated/α-hetero) is 1. The van der Waals surface area contributed by atoms with E-state index >= 15 is 0 Å². The van der Waals surface area contributed by atoms with Crippen LogP contribution in [0.1, 0.15) is 12.8 Å². The molecule has 0 radical (unpaired) electrons. The minimum atomic E-state index is -0.923. The predicted octanol–water partition coefficient (Wildman–Crippen LogP) is 1.09. The first-order valence-corrected chi connectivity index (χ1v) is 4.84. The van der Waals surface area contributed by atoms with Crippen LogP contribution in [0, 0.1) is 0 Å². The largest absolute Gasteiger partial charge is 0.465 e. The molecule has 0 spiro atoms. The van der Waals surface area contributed by atoms with E-state index in [0.29, 0.717) is 18.3 Å². The van der Waals surface area contributed by atoms with Crippen molar-refractivity contribution in [3.8, 4) is 0 Å². The maximum Gasteiger partial charge on any atom is 0.407 e. The van der Waals surface area contributed by atoms with Crippen molar-refractivity contribution in [2.45, 2.75) is 18.9 Å². The van der Waals surface area contributed by atoms with Gasteiger partial charge in [0.2, 0.25) is 0 Å². The molecular weight excluding hydrogens is 226 g/mol. The third-order valence-electron chi connectivity index (χ3n) is 2.00. The number of carbonyl (C=O) groups excluding carboxylic acids is 1. The molecule has 1 heterocycles. The van der Waals surface area contributed by atoms with Crippen LogP contribution in [-0.4, -0.2) is 39.8 Å². The number of hydrogen-bond donors (Lipinski definition) is 1. The number of alkyl halides is 1. The van der Waals surface area contributed by atoms with Crippen LogP contribution < -0.4 is 0 Å². The lowest BCUT2D eigenvalue weighted by Gasteiger charge is -2.38. The van der Waals surface area contributed by atoms with Gasteiger partial charge in [0.25, 0.3) is 0 Å². The molecule has 1 aliphatic heterocycles. The summed E-state index contributed by atoms with van der Waals surface area (Å²) in [4.78, 5) is 22.7. The Kier molecular flexibility index (Phi) is 3.08. The standard InChI is InChI=1S/C7H10BrNO3/c8-4-6(10)3-5-1-2-9(5)7(11)12/h5H,1-4H2,(H,11,12). The van der Waals surface area contributed by atoms with Crippen LogP contribution in [0.3, 0.4) is 0 Å². The number of rotatable bonds is 3. The summed E-state index contributed by atoms with van der Waals surface area (Å²) < 4.78 is 0. The lowest BCUT2D eigenvalue weighted by atomic mass is 9.99. The number of halogens is 1. The maximum atomic E-state index is 10.9. The molecule has 0 saturated carbocycles. The van der Waals surface area contributed by atoms with Crippen molar-refractivity contribution in [3.63, 3.8) is 0 Å². The Hall–Kier alpha value is -0.580. The van der Waals surface area contributed by atoms with Gasteiger partial charge in [-0.2, -0.15) is 0 Å². The van der Waals surface area contributed by atoms with E-state index in [4.69, 9.17) is 5.11 Å². The van der Waals surface area contributed by atoms with Gasteiger partial charge >= 0.3 is 6.09 Å². The lowest BCUT2D eigenvalue weighted by Crippen LogP contribution is -2.51. The summed E-state index contributed by atoms with van der Waals surface area (Å²) in [5.74, 6) is 0.0611. The van der Waals surface area contributed by atoms with Crippen LogP contribution in [-0.2, 0) is 4.79 Å². The average Bonchev–Trinajstić information content (AvgIpc) is 1.96. The summed E-state index contributed by atoms with van der Waals surface area (Å²) in [6.07, 6.45) is 0.233. The first kappa shape index (κ1) is 9.51.